The molecule has 2 amide bonds. The van der Waals surface area contributed by atoms with E-state index < -0.39 is 5.91 Å². The second-order valence-corrected chi connectivity index (χ2v) is 9.00. The highest BCUT2D eigenvalue weighted by Crippen LogP contribution is 2.31. The molecule has 4 rings (SSSR count). The number of nitrogens with one attached hydrogen (secondary N) is 1. The van der Waals surface area contributed by atoms with Gasteiger partial charge in [-0.2, -0.15) is 10.1 Å². The summed E-state index contributed by atoms with van der Waals surface area (Å²) in [6.45, 7) is 2.23. The molecule has 3 N–H and O–H groups in total. The van der Waals surface area contributed by atoms with Crippen molar-refractivity contribution in [2.75, 3.05) is 44.8 Å². The Kier molecular flexibility index (Phi) is 7.18. The fraction of sp³-hybridized carbons (Fsp3) is 0.391. The number of halogens is 1. The molecule has 0 aliphatic carbocycles. The maximum Gasteiger partial charge on any atom is 0.292 e. The second-order valence-electron chi connectivity index (χ2n) is 8.59. The summed E-state index contributed by atoms with van der Waals surface area (Å²) in [6.07, 6.45) is 7.23. The van der Waals surface area contributed by atoms with Gasteiger partial charge in [0.2, 0.25) is 5.91 Å². The topological polar surface area (TPSA) is 123 Å². The predicted molar refractivity (Wildman–Crippen MR) is 130 cm³/mol. The van der Waals surface area contributed by atoms with Crippen LogP contribution >= 0.6 is 11.6 Å². The predicted octanol–water partition coefficient (Wildman–Crippen LogP) is 3.14. The summed E-state index contributed by atoms with van der Waals surface area (Å²) in [6, 6.07) is 5.53. The number of rotatable bonds is 7. The molecule has 0 atom stereocenters. The molecule has 2 aromatic heterocycles. The Bertz CT molecular complexity index is 1170. The third kappa shape index (κ3) is 5.57. The van der Waals surface area contributed by atoms with Crippen LogP contribution in [0.25, 0.3) is 11.1 Å². The van der Waals surface area contributed by atoms with Crippen LogP contribution in [0.2, 0.25) is 5.02 Å². The highest BCUT2D eigenvalue weighted by atomic mass is 35.5. The Labute approximate surface area is 202 Å². The third-order valence-corrected chi connectivity index (χ3v) is 6.20. The molecule has 180 valence electrons. The van der Waals surface area contributed by atoms with Gasteiger partial charge in [-0.3, -0.25) is 14.3 Å². The molecule has 1 saturated heterocycles. The summed E-state index contributed by atoms with van der Waals surface area (Å²) in [5.41, 5.74) is 7.72. The molecule has 0 unspecified atom stereocenters. The van der Waals surface area contributed by atoms with Gasteiger partial charge >= 0.3 is 0 Å². The van der Waals surface area contributed by atoms with Crippen molar-refractivity contribution in [1.29, 1.82) is 0 Å². The van der Waals surface area contributed by atoms with Crippen LogP contribution in [0.5, 0.6) is 0 Å². The molecule has 0 spiro atoms. The van der Waals surface area contributed by atoms with E-state index in [0.29, 0.717) is 17.1 Å². The number of nitrogens with two attached hydrogens (primary N) is 1. The highest BCUT2D eigenvalue weighted by molar-refractivity contribution is 6.34. The number of carbonyl (C=O) groups is 2. The van der Waals surface area contributed by atoms with Crippen LogP contribution in [0.15, 0.2) is 41.3 Å². The molecule has 34 heavy (non-hydrogen) atoms. The van der Waals surface area contributed by atoms with Crippen LogP contribution in [-0.4, -0.2) is 70.1 Å². The van der Waals surface area contributed by atoms with E-state index in [-0.39, 0.29) is 23.7 Å². The van der Waals surface area contributed by atoms with E-state index in [1.165, 1.54) is 6.26 Å². The molecular weight excluding hydrogens is 458 g/mol. The van der Waals surface area contributed by atoms with Gasteiger partial charge in [0.15, 0.2) is 5.69 Å². The van der Waals surface area contributed by atoms with Gasteiger partial charge in [-0.15, -0.1) is 0 Å². The highest BCUT2D eigenvalue weighted by Gasteiger charge is 2.24. The second kappa shape index (κ2) is 10.3. The fourth-order valence-corrected chi connectivity index (χ4v) is 4.09. The van der Waals surface area contributed by atoms with Gasteiger partial charge in [0.05, 0.1) is 22.9 Å². The van der Waals surface area contributed by atoms with Crippen molar-refractivity contribution in [2.45, 2.75) is 25.3 Å². The maximum atomic E-state index is 12.4. The molecule has 3 heterocycles. The van der Waals surface area contributed by atoms with Crippen LogP contribution in [0, 0.1) is 0 Å². The number of likely N-dealkylation sites (tertiary alicyclic amines) is 1. The minimum absolute atomic E-state index is 0.0679. The number of piperidine rings is 1. The number of oxazole rings is 1. The SMILES string of the molecule is CN(C)CCC(=O)N1CCC(n2cc(-c3ccc(Cl)c(NC(=O)c4coc(N)n4)c3)cn2)CC1. The molecule has 0 radical (unpaired) electrons. The van der Waals surface area contributed by atoms with Crippen molar-refractivity contribution in [1.82, 2.24) is 24.6 Å². The van der Waals surface area contributed by atoms with Gasteiger partial charge in [0.25, 0.3) is 11.9 Å². The number of amides is 2. The Morgan fingerprint density at radius 1 is 1.26 bits per heavy atom. The number of hydrogen-bond acceptors (Lipinski definition) is 7. The first-order valence-electron chi connectivity index (χ1n) is 11.1. The van der Waals surface area contributed by atoms with Gasteiger partial charge in [-0.25, -0.2) is 0 Å². The van der Waals surface area contributed by atoms with E-state index in [9.17, 15) is 9.59 Å². The van der Waals surface area contributed by atoms with E-state index in [1.54, 1.807) is 18.3 Å². The fourth-order valence-electron chi connectivity index (χ4n) is 3.92. The number of benzene rings is 1. The summed E-state index contributed by atoms with van der Waals surface area (Å²) in [5.74, 6) is -0.264. The molecule has 11 heteroatoms. The van der Waals surface area contributed by atoms with Crippen molar-refractivity contribution in [3.05, 3.63) is 47.6 Å². The van der Waals surface area contributed by atoms with Gasteiger partial charge in [0, 0.05) is 37.8 Å². The van der Waals surface area contributed by atoms with Crippen LogP contribution in [-0.2, 0) is 4.79 Å². The van der Waals surface area contributed by atoms with Crippen LogP contribution in [0.1, 0.15) is 35.8 Å². The first-order chi connectivity index (χ1) is 16.3. The van der Waals surface area contributed by atoms with E-state index in [0.717, 1.165) is 43.6 Å². The molecule has 10 nitrogen and oxygen atoms in total. The average Bonchev–Trinajstić information content (AvgIpc) is 3.48. The van der Waals surface area contributed by atoms with Crippen molar-refractivity contribution in [3.8, 4) is 11.1 Å². The quantitative estimate of drug-likeness (QED) is 0.527. The molecule has 1 aliphatic rings. The van der Waals surface area contributed by atoms with Gasteiger partial charge in [-0.1, -0.05) is 17.7 Å². The van der Waals surface area contributed by atoms with Crippen molar-refractivity contribution in [2.24, 2.45) is 0 Å². The lowest BCUT2D eigenvalue weighted by Gasteiger charge is -2.32. The first kappa shape index (κ1) is 23.8. The van der Waals surface area contributed by atoms with Crippen molar-refractivity contribution in [3.63, 3.8) is 0 Å². The molecule has 0 bridgehead atoms. The van der Waals surface area contributed by atoms with Crippen molar-refractivity contribution >= 4 is 35.1 Å². The standard InChI is InChI=1S/C23H28ClN7O3/c1-29(2)8-7-21(32)30-9-5-17(6-10-30)31-13-16(12-26-31)15-3-4-18(24)19(11-15)27-22(33)20-14-34-23(25)28-20/h3-4,11-14,17H,5-10H2,1-2H3,(H2,25,28)(H,27,33). The number of carbonyl (C=O) groups excluding carboxylic acids is 2. The van der Waals surface area contributed by atoms with Crippen LogP contribution in [0.3, 0.4) is 0 Å². The molecular formula is C23H28ClN7O3. The minimum atomic E-state index is -0.470. The van der Waals surface area contributed by atoms with E-state index in [4.69, 9.17) is 21.8 Å². The lowest BCUT2D eigenvalue weighted by molar-refractivity contribution is -0.132. The Hall–Kier alpha value is -3.37. The summed E-state index contributed by atoms with van der Waals surface area (Å²) < 4.78 is 6.85. The maximum absolute atomic E-state index is 12.4. The lowest BCUT2D eigenvalue weighted by Crippen LogP contribution is -2.40. The molecule has 0 saturated carbocycles. The van der Waals surface area contributed by atoms with Crippen LogP contribution < -0.4 is 11.1 Å². The molecule has 1 fully saturated rings. The first-order valence-corrected chi connectivity index (χ1v) is 11.5. The minimum Gasteiger partial charge on any atom is -0.431 e. The number of hydrogen-bond donors (Lipinski definition) is 2. The zero-order valence-corrected chi connectivity index (χ0v) is 20.0. The zero-order valence-electron chi connectivity index (χ0n) is 19.2. The summed E-state index contributed by atoms with van der Waals surface area (Å²) in [7, 11) is 3.94. The zero-order chi connectivity index (χ0) is 24.2. The summed E-state index contributed by atoms with van der Waals surface area (Å²) in [4.78, 5) is 32.6. The van der Waals surface area contributed by atoms with E-state index >= 15 is 0 Å². The Morgan fingerprint density at radius 2 is 2.03 bits per heavy atom. The molecule has 3 aromatic rings. The van der Waals surface area contributed by atoms with Crippen molar-refractivity contribution < 1.29 is 14.0 Å². The number of nitrogens with zero attached hydrogens (tertiary/aromatic N) is 5. The summed E-state index contributed by atoms with van der Waals surface area (Å²) in [5, 5.41) is 7.69. The largest absolute Gasteiger partial charge is 0.431 e. The normalized spacial score (nSPS) is 14.5. The monoisotopic (exact) mass is 485 g/mol. The number of aromatic nitrogens is 3. The summed E-state index contributed by atoms with van der Waals surface area (Å²) >= 11 is 6.29. The average molecular weight is 486 g/mol. The Morgan fingerprint density at radius 3 is 2.71 bits per heavy atom. The molecule has 1 aromatic carbocycles. The van der Waals surface area contributed by atoms with Gasteiger partial charge < -0.3 is 25.3 Å². The van der Waals surface area contributed by atoms with Crippen LogP contribution in [0.4, 0.5) is 11.7 Å². The third-order valence-electron chi connectivity index (χ3n) is 5.87. The smallest absolute Gasteiger partial charge is 0.292 e. The van der Waals surface area contributed by atoms with Gasteiger partial charge in [-0.05, 0) is 44.6 Å². The van der Waals surface area contributed by atoms with E-state index in [2.05, 4.69) is 15.4 Å². The lowest BCUT2D eigenvalue weighted by atomic mass is 10.0. The van der Waals surface area contributed by atoms with E-state index in [1.807, 2.05) is 40.8 Å². The van der Waals surface area contributed by atoms with Gasteiger partial charge in [0.1, 0.15) is 6.26 Å². The number of anilines is 2. The Balaban J connectivity index is 1.40. The number of nitrogen functional groups attached to an aromatic ring is 1. The molecule has 1 aliphatic heterocycles.